The Morgan fingerprint density at radius 1 is 0.946 bits per heavy atom. The van der Waals surface area contributed by atoms with Crippen LogP contribution < -0.4 is 0 Å². The summed E-state index contributed by atoms with van der Waals surface area (Å²) < 4.78 is 43.9. The lowest BCUT2D eigenvalue weighted by Crippen LogP contribution is -2.71. The molecular weight excluding hydrogens is 516 g/mol. The van der Waals surface area contributed by atoms with Crippen LogP contribution in [0.3, 0.4) is 0 Å². The summed E-state index contributed by atoms with van der Waals surface area (Å²) in [6.45, 7) is 12.8. The molecule has 1 rings (SSSR count). The second kappa shape index (κ2) is 17.3. The van der Waals surface area contributed by atoms with Crippen molar-refractivity contribution < 1.29 is 45.9 Å². The molecule has 1 heterocycles. The summed E-state index contributed by atoms with van der Waals surface area (Å²) in [6.07, 6.45) is 3.58. The molecule has 0 aromatic carbocycles. The molecule has 0 aromatic heterocycles. The van der Waals surface area contributed by atoms with Crippen LogP contribution in [0, 0.1) is 0 Å². The first-order valence-corrected chi connectivity index (χ1v) is 16.4. The van der Waals surface area contributed by atoms with Gasteiger partial charge in [-0.05, 0) is 45.6 Å². The number of methoxy groups -OCH3 is 1. The van der Waals surface area contributed by atoms with Gasteiger partial charge in [0.05, 0.1) is 6.61 Å². The van der Waals surface area contributed by atoms with Gasteiger partial charge in [-0.25, -0.2) is 9.59 Å². The third kappa shape index (κ3) is 9.39. The van der Waals surface area contributed by atoms with E-state index in [0.717, 1.165) is 31.7 Å². The Hall–Kier alpha value is -1.39. The Morgan fingerprint density at radius 3 is 1.89 bits per heavy atom. The fourth-order valence-corrected chi connectivity index (χ4v) is 10.2. The van der Waals surface area contributed by atoms with Gasteiger partial charge in [-0.3, -0.25) is 0 Å². The van der Waals surface area contributed by atoms with Crippen molar-refractivity contribution in [2.24, 2.45) is 0 Å². The van der Waals surface area contributed by atoms with Crippen molar-refractivity contribution in [2.45, 2.75) is 76.3 Å². The van der Waals surface area contributed by atoms with E-state index in [1.807, 2.05) is 0 Å². The van der Waals surface area contributed by atoms with E-state index in [1.165, 1.54) is 0 Å². The molecule has 37 heavy (non-hydrogen) atoms. The Kier molecular flexibility index (Phi) is 16.6. The number of rotatable bonds is 15. The van der Waals surface area contributed by atoms with Crippen molar-refractivity contribution in [3.05, 3.63) is 24.3 Å². The lowest BCUT2D eigenvalue weighted by atomic mass is 10.0. The van der Waals surface area contributed by atoms with Crippen LogP contribution in [0.25, 0.3) is 0 Å². The average Bonchev–Trinajstić information content (AvgIpc) is 2.90. The van der Waals surface area contributed by atoms with Crippen molar-refractivity contribution in [3.8, 4) is 0 Å². The van der Waals surface area contributed by atoms with Crippen LogP contribution >= 0.6 is 0 Å². The van der Waals surface area contributed by atoms with Gasteiger partial charge in [-0.1, -0.05) is 26.5 Å². The third-order valence-corrected chi connectivity index (χ3v) is 13.8. The van der Waals surface area contributed by atoms with E-state index >= 15 is 0 Å². The second-order valence-corrected chi connectivity index (χ2v) is 15.6. The van der Waals surface area contributed by atoms with E-state index in [-0.39, 0.29) is 18.0 Å². The Bertz CT molecular complexity index is 729. The SMILES string of the molecule is C=C(C)C(=O)OC1CCC[Si](OC)(OC)C1(CCC)OC.C=C(C)C(=O)OCCC[Si](OC)(OC)OC. The highest BCUT2D eigenvalue weighted by Crippen LogP contribution is 2.44. The number of ether oxygens (including phenoxy) is 3. The number of carbonyl (C=O) groups excluding carboxylic acids is 2. The van der Waals surface area contributed by atoms with Gasteiger partial charge in [0.1, 0.15) is 11.3 Å². The lowest BCUT2D eigenvalue weighted by Gasteiger charge is -2.51. The summed E-state index contributed by atoms with van der Waals surface area (Å²) >= 11 is 0. The third-order valence-electron chi connectivity index (χ3n) is 6.52. The Balaban J connectivity index is 0.000000730. The molecule has 0 spiro atoms. The molecule has 0 amide bonds. The molecular formula is C25H48O10Si2. The van der Waals surface area contributed by atoms with Gasteiger partial charge in [0.25, 0.3) is 0 Å². The first-order valence-electron chi connectivity index (χ1n) is 12.4. The standard InChI is InChI=1S/C15H28O5Si.C10H20O5Si/c1-7-10-15(17-4)13(20-14(16)12(2)3)9-8-11-21(15,18-5)19-6;1-9(2)10(11)15-7-6-8-16(12-3,13-4)14-5/h13H,2,7-11H2,1,3-6H3;1,6-8H2,2-5H3. The summed E-state index contributed by atoms with van der Waals surface area (Å²) in [7, 11) is 4.50. The predicted octanol–water partition coefficient (Wildman–Crippen LogP) is 4.10. The van der Waals surface area contributed by atoms with Crippen LogP contribution in [0.2, 0.25) is 12.1 Å². The molecule has 1 aliphatic heterocycles. The zero-order valence-electron chi connectivity index (χ0n) is 24.2. The van der Waals surface area contributed by atoms with Crippen LogP contribution in [-0.2, 0) is 45.9 Å². The maximum atomic E-state index is 12.0. The fraction of sp³-hybridized carbons (Fsp3) is 0.760. The molecule has 0 aromatic rings. The molecule has 216 valence electrons. The van der Waals surface area contributed by atoms with Crippen molar-refractivity contribution in [1.29, 1.82) is 0 Å². The lowest BCUT2D eigenvalue weighted by molar-refractivity contribution is -0.163. The smallest absolute Gasteiger partial charge is 0.462 e. The highest BCUT2D eigenvalue weighted by atomic mass is 28.4. The van der Waals surface area contributed by atoms with Crippen molar-refractivity contribution >= 4 is 29.3 Å². The van der Waals surface area contributed by atoms with Gasteiger partial charge in [-0.15, -0.1) is 0 Å². The fourth-order valence-electron chi connectivity index (χ4n) is 4.47. The number of hydrogen-bond donors (Lipinski definition) is 0. The maximum Gasteiger partial charge on any atom is 0.500 e. The average molecular weight is 565 g/mol. The molecule has 1 fully saturated rings. The van der Waals surface area contributed by atoms with Gasteiger partial charge in [0.15, 0.2) is 0 Å². The first-order chi connectivity index (χ1) is 17.4. The molecule has 0 N–H and O–H groups in total. The van der Waals surface area contributed by atoms with Crippen LogP contribution in [-0.4, -0.2) is 89.9 Å². The highest BCUT2D eigenvalue weighted by Gasteiger charge is 2.64. The summed E-state index contributed by atoms with van der Waals surface area (Å²) in [4.78, 5) is 23.0. The second-order valence-electron chi connectivity index (χ2n) is 8.89. The van der Waals surface area contributed by atoms with E-state index in [2.05, 4.69) is 20.1 Å². The zero-order valence-corrected chi connectivity index (χ0v) is 26.2. The maximum absolute atomic E-state index is 12.0. The molecule has 0 radical (unpaired) electrons. The molecule has 0 bridgehead atoms. The van der Waals surface area contributed by atoms with E-state index < -0.39 is 22.6 Å². The summed E-state index contributed by atoms with van der Waals surface area (Å²) in [5.41, 5.74) is 0.790. The van der Waals surface area contributed by atoms with Crippen molar-refractivity contribution in [1.82, 2.24) is 0 Å². The van der Waals surface area contributed by atoms with Crippen LogP contribution in [0.5, 0.6) is 0 Å². The van der Waals surface area contributed by atoms with Crippen molar-refractivity contribution in [2.75, 3.05) is 49.3 Å². The monoisotopic (exact) mass is 564 g/mol. The highest BCUT2D eigenvalue weighted by molar-refractivity contribution is 6.71. The summed E-state index contributed by atoms with van der Waals surface area (Å²) in [5.74, 6) is -0.756. The van der Waals surface area contributed by atoms with Gasteiger partial charge < -0.3 is 36.3 Å². The topological polar surface area (TPSA) is 108 Å². The van der Waals surface area contributed by atoms with Gasteiger partial charge in [0, 0.05) is 59.8 Å². The van der Waals surface area contributed by atoms with E-state index in [1.54, 1.807) is 56.5 Å². The molecule has 0 aliphatic carbocycles. The number of hydrogen-bond acceptors (Lipinski definition) is 10. The normalized spacial score (nSPS) is 20.8. The largest absolute Gasteiger partial charge is 0.500 e. The van der Waals surface area contributed by atoms with E-state index in [4.69, 9.17) is 36.3 Å². The zero-order chi connectivity index (χ0) is 28.7. The predicted molar refractivity (Wildman–Crippen MR) is 145 cm³/mol. The number of esters is 2. The molecule has 0 saturated carbocycles. The van der Waals surface area contributed by atoms with E-state index in [0.29, 0.717) is 30.2 Å². The van der Waals surface area contributed by atoms with Gasteiger partial charge in [0.2, 0.25) is 0 Å². The minimum absolute atomic E-state index is 0.316. The molecule has 1 saturated heterocycles. The first kappa shape index (κ1) is 35.6. The van der Waals surface area contributed by atoms with Crippen LogP contribution in [0.15, 0.2) is 24.3 Å². The van der Waals surface area contributed by atoms with Gasteiger partial charge in [-0.2, -0.15) is 0 Å². The van der Waals surface area contributed by atoms with Gasteiger partial charge >= 0.3 is 29.3 Å². The quantitative estimate of drug-likeness (QED) is 0.125. The molecule has 1 aliphatic rings. The number of carbonyl (C=O) groups is 2. The minimum Gasteiger partial charge on any atom is -0.462 e. The molecule has 2 atom stereocenters. The molecule has 10 nitrogen and oxygen atoms in total. The van der Waals surface area contributed by atoms with Crippen LogP contribution in [0.1, 0.15) is 52.9 Å². The minimum atomic E-state index is -2.63. The van der Waals surface area contributed by atoms with Crippen molar-refractivity contribution in [3.63, 3.8) is 0 Å². The summed E-state index contributed by atoms with van der Waals surface area (Å²) in [6, 6.07) is 1.45. The Morgan fingerprint density at radius 2 is 1.49 bits per heavy atom. The molecule has 12 heteroatoms. The van der Waals surface area contributed by atoms with Crippen LogP contribution in [0.4, 0.5) is 0 Å². The van der Waals surface area contributed by atoms with E-state index in [9.17, 15) is 9.59 Å². The summed E-state index contributed by atoms with van der Waals surface area (Å²) in [5, 5.41) is -0.672. The Labute approximate surface area is 225 Å². The molecule has 2 unspecified atom stereocenters.